The van der Waals surface area contributed by atoms with Crippen LogP contribution in [0.4, 0.5) is 5.82 Å². The maximum atomic E-state index is 13.2. The van der Waals surface area contributed by atoms with Crippen LogP contribution in [0.3, 0.4) is 0 Å². The molecule has 1 N–H and O–H groups in total. The molecule has 1 saturated heterocycles. The molecule has 0 radical (unpaired) electrons. The van der Waals surface area contributed by atoms with Crippen molar-refractivity contribution in [3.05, 3.63) is 66.6 Å². The lowest BCUT2D eigenvalue weighted by atomic mass is 10.1. The van der Waals surface area contributed by atoms with Crippen molar-refractivity contribution in [1.82, 2.24) is 24.5 Å². The van der Waals surface area contributed by atoms with Crippen molar-refractivity contribution in [2.24, 2.45) is 0 Å². The van der Waals surface area contributed by atoms with Gasteiger partial charge in [-0.15, -0.1) is 10.2 Å². The number of nitrogens with one attached hydrogen (secondary N) is 1. The SMILES string of the molecule is CCN1CCC(S(=O)(=O)c2ccc(-c3ccc(NCc4ccccc4OC)n4cnnc34)cn2)CC1. The Labute approximate surface area is 211 Å². The smallest absolute Gasteiger partial charge is 0.198 e. The van der Waals surface area contributed by atoms with Gasteiger partial charge in [-0.2, -0.15) is 0 Å². The maximum absolute atomic E-state index is 13.2. The number of pyridine rings is 2. The molecule has 0 amide bonds. The summed E-state index contributed by atoms with van der Waals surface area (Å²) < 4.78 is 33.6. The molecule has 4 heterocycles. The van der Waals surface area contributed by atoms with E-state index in [1.807, 2.05) is 40.8 Å². The predicted molar refractivity (Wildman–Crippen MR) is 139 cm³/mol. The Hall–Kier alpha value is -3.50. The molecule has 188 valence electrons. The molecule has 10 heteroatoms. The molecular formula is C26H30N6O3S. The fraction of sp³-hybridized carbons (Fsp3) is 0.346. The van der Waals surface area contributed by atoms with E-state index in [9.17, 15) is 8.42 Å². The van der Waals surface area contributed by atoms with Crippen LogP contribution in [-0.4, -0.2) is 64.9 Å². The van der Waals surface area contributed by atoms with E-state index in [1.54, 1.807) is 31.8 Å². The van der Waals surface area contributed by atoms with Crippen molar-refractivity contribution in [1.29, 1.82) is 0 Å². The number of para-hydroxylation sites is 1. The Morgan fingerprint density at radius 1 is 1.08 bits per heavy atom. The number of ether oxygens (including phenoxy) is 1. The van der Waals surface area contributed by atoms with Crippen LogP contribution in [0.2, 0.25) is 0 Å². The molecular weight excluding hydrogens is 476 g/mol. The Kier molecular flexibility index (Phi) is 6.88. The number of piperidine rings is 1. The van der Waals surface area contributed by atoms with Crippen molar-refractivity contribution >= 4 is 21.3 Å². The number of nitrogens with zero attached hydrogens (tertiary/aromatic N) is 5. The van der Waals surface area contributed by atoms with Gasteiger partial charge in [0, 0.05) is 29.4 Å². The summed E-state index contributed by atoms with van der Waals surface area (Å²) in [5, 5.41) is 11.6. The summed E-state index contributed by atoms with van der Waals surface area (Å²) in [5.74, 6) is 1.65. The van der Waals surface area contributed by atoms with Crippen LogP contribution >= 0.6 is 0 Å². The highest BCUT2D eigenvalue weighted by Crippen LogP contribution is 2.29. The topological polar surface area (TPSA) is 102 Å². The highest BCUT2D eigenvalue weighted by molar-refractivity contribution is 7.92. The van der Waals surface area contributed by atoms with Crippen molar-refractivity contribution in [2.45, 2.75) is 36.6 Å². The van der Waals surface area contributed by atoms with Gasteiger partial charge in [0.2, 0.25) is 0 Å². The number of fused-ring (bicyclic) bond motifs is 1. The van der Waals surface area contributed by atoms with E-state index >= 15 is 0 Å². The lowest BCUT2D eigenvalue weighted by Crippen LogP contribution is -2.39. The molecule has 36 heavy (non-hydrogen) atoms. The standard InChI is InChI=1S/C26H30N6O3S/c1-3-31-14-12-21(13-15-31)36(33,34)25-11-8-19(16-28-25)22-9-10-24(32-18-29-30-26(22)32)27-17-20-6-4-5-7-23(20)35-2/h4-11,16,18,21,27H,3,12-15,17H2,1-2H3. The molecule has 0 spiro atoms. The van der Waals surface area contributed by atoms with Gasteiger partial charge in [0.25, 0.3) is 0 Å². The third-order valence-electron chi connectivity index (χ3n) is 6.87. The maximum Gasteiger partial charge on any atom is 0.198 e. The summed E-state index contributed by atoms with van der Waals surface area (Å²) in [6.07, 6.45) is 4.55. The predicted octanol–water partition coefficient (Wildman–Crippen LogP) is 3.67. The molecule has 1 aliphatic heterocycles. The van der Waals surface area contributed by atoms with E-state index in [0.29, 0.717) is 25.0 Å². The molecule has 3 aromatic heterocycles. The average molecular weight is 507 g/mol. The quantitative estimate of drug-likeness (QED) is 0.386. The molecule has 0 aliphatic carbocycles. The zero-order valence-corrected chi connectivity index (χ0v) is 21.3. The first-order valence-corrected chi connectivity index (χ1v) is 13.7. The monoisotopic (exact) mass is 506 g/mol. The third kappa shape index (κ3) is 4.66. The summed E-state index contributed by atoms with van der Waals surface area (Å²) in [5.41, 5.74) is 3.29. The summed E-state index contributed by atoms with van der Waals surface area (Å²) in [4.78, 5) is 6.64. The van der Waals surface area contributed by atoms with Crippen LogP contribution in [0.25, 0.3) is 16.8 Å². The highest BCUT2D eigenvalue weighted by Gasteiger charge is 2.31. The van der Waals surface area contributed by atoms with Gasteiger partial charge in [0.15, 0.2) is 20.5 Å². The number of hydrogen-bond donors (Lipinski definition) is 1. The van der Waals surface area contributed by atoms with Crippen molar-refractivity contribution < 1.29 is 13.2 Å². The number of methoxy groups -OCH3 is 1. The van der Waals surface area contributed by atoms with Crippen molar-refractivity contribution in [3.63, 3.8) is 0 Å². The Morgan fingerprint density at radius 2 is 1.89 bits per heavy atom. The minimum absolute atomic E-state index is 0.133. The number of likely N-dealkylation sites (tertiary alicyclic amines) is 1. The minimum Gasteiger partial charge on any atom is -0.496 e. The fourth-order valence-electron chi connectivity index (χ4n) is 4.73. The second-order valence-corrected chi connectivity index (χ2v) is 11.1. The van der Waals surface area contributed by atoms with Gasteiger partial charge in [0.1, 0.15) is 17.9 Å². The normalized spacial score (nSPS) is 15.3. The lowest BCUT2D eigenvalue weighted by molar-refractivity contribution is 0.241. The Morgan fingerprint density at radius 3 is 2.61 bits per heavy atom. The van der Waals surface area contributed by atoms with Gasteiger partial charge < -0.3 is 15.0 Å². The number of rotatable bonds is 8. The first-order valence-electron chi connectivity index (χ1n) is 12.1. The molecule has 5 rings (SSSR count). The molecule has 1 aliphatic rings. The van der Waals surface area contributed by atoms with E-state index < -0.39 is 9.84 Å². The van der Waals surface area contributed by atoms with E-state index in [1.165, 1.54) is 0 Å². The zero-order chi connectivity index (χ0) is 25.1. The van der Waals surface area contributed by atoms with Gasteiger partial charge in [-0.05, 0) is 62.8 Å². The molecule has 0 saturated carbocycles. The minimum atomic E-state index is -3.46. The Bertz CT molecular complexity index is 1440. The van der Waals surface area contributed by atoms with E-state index in [0.717, 1.165) is 47.9 Å². The van der Waals surface area contributed by atoms with E-state index in [4.69, 9.17) is 4.74 Å². The summed E-state index contributed by atoms with van der Waals surface area (Å²) in [6, 6.07) is 15.2. The molecule has 9 nitrogen and oxygen atoms in total. The first kappa shape index (κ1) is 24.2. The van der Waals surface area contributed by atoms with Gasteiger partial charge >= 0.3 is 0 Å². The van der Waals surface area contributed by atoms with Crippen molar-refractivity contribution in [2.75, 3.05) is 32.1 Å². The number of hydrogen-bond acceptors (Lipinski definition) is 8. The fourth-order valence-corrected chi connectivity index (χ4v) is 6.36. The summed E-state index contributed by atoms with van der Waals surface area (Å²) in [6.45, 7) is 5.24. The summed E-state index contributed by atoms with van der Waals surface area (Å²) in [7, 11) is -1.80. The third-order valence-corrected chi connectivity index (χ3v) is 9.04. The highest BCUT2D eigenvalue weighted by atomic mass is 32.2. The second kappa shape index (κ2) is 10.2. The van der Waals surface area contributed by atoms with Crippen LogP contribution < -0.4 is 10.1 Å². The number of aromatic nitrogens is 4. The van der Waals surface area contributed by atoms with Gasteiger partial charge in [0.05, 0.1) is 12.4 Å². The molecule has 0 bridgehead atoms. The van der Waals surface area contributed by atoms with E-state index in [-0.39, 0.29) is 10.3 Å². The van der Waals surface area contributed by atoms with Crippen LogP contribution in [-0.2, 0) is 16.4 Å². The Balaban J connectivity index is 1.36. The van der Waals surface area contributed by atoms with E-state index in [2.05, 4.69) is 32.3 Å². The van der Waals surface area contributed by atoms with Crippen LogP contribution in [0, 0.1) is 0 Å². The lowest BCUT2D eigenvalue weighted by Gasteiger charge is -2.30. The van der Waals surface area contributed by atoms with Gasteiger partial charge in [-0.1, -0.05) is 25.1 Å². The van der Waals surface area contributed by atoms with Gasteiger partial charge in [-0.3, -0.25) is 4.40 Å². The van der Waals surface area contributed by atoms with Crippen LogP contribution in [0.15, 0.2) is 66.1 Å². The average Bonchev–Trinajstić information content (AvgIpc) is 3.42. The first-order chi connectivity index (χ1) is 17.5. The van der Waals surface area contributed by atoms with Crippen LogP contribution in [0.5, 0.6) is 5.75 Å². The number of sulfone groups is 1. The summed E-state index contributed by atoms with van der Waals surface area (Å²) >= 11 is 0. The molecule has 4 aromatic rings. The largest absolute Gasteiger partial charge is 0.496 e. The number of anilines is 1. The molecule has 0 atom stereocenters. The van der Waals surface area contributed by atoms with Crippen molar-refractivity contribution in [3.8, 4) is 16.9 Å². The molecule has 1 aromatic carbocycles. The zero-order valence-electron chi connectivity index (χ0n) is 20.5. The van der Waals surface area contributed by atoms with Gasteiger partial charge in [-0.25, -0.2) is 13.4 Å². The number of benzene rings is 1. The molecule has 1 fully saturated rings. The molecule has 0 unspecified atom stereocenters. The second-order valence-electron chi connectivity index (χ2n) is 8.89. The van der Waals surface area contributed by atoms with Crippen LogP contribution in [0.1, 0.15) is 25.3 Å².